The minimum absolute atomic E-state index is 0.0747. The summed E-state index contributed by atoms with van der Waals surface area (Å²) in [5.41, 5.74) is 0.100. The summed E-state index contributed by atoms with van der Waals surface area (Å²) in [6.07, 6.45) is -1.88. The fourth-order valence-electron chi connectivity index (χ4n) is 3.42. The second kappa shape index (κ2) is 9.19. The first kappa shape index (κ1) is 22.7. The van der Waals surface area contributed by atoms with E-state index in [9.17, 15) is 22.8 Å². The van der Waals surface area contributed by atoms with Crippen LogP contribution >= 0.6 is 0 Å². The smallest absolute Gasteiger partial charge is 0.350 e. The zero-order valence-electron chi connectivity index (χ0n) is 17.6. The lowest BCUT2D eigenvalue weighted by atomic mass is 10.1. The Morgan fingerprint density at radius 3 is 2.71 bits per heavy atom. The number of rotatable bonds is 6. The zero-order chi connectivity index (χ0) is 24.3. The summed E-state index contributed by atoms with van der Waals surface area (Å²) in [5.74, 6) is -0.357. The van der Waals surface area contributed by atoms with Crippen molar-refractivity contribution in [2.24, 2.45) is 0 Å². The van der Waals surface area contributed by atoms with Gasteiger partial charge in [-0.1, -0.05) is 18.2 Å². The third-order valence-corrected chi connectivity index (χ3v) is 5.09. The monoisotopic (exact) mass is 466 g/mol. The number of nitrogens with zero attached hydrogens (tertiary/aromatic N) is 5. The average Bonchev–Trinajstić information content (AvgIpc) is 3.24. The van der Waals surface area contributed by atoms with E-state index in [2.05, 4.69) is 15.4 Å². The Morgan fingerprint density at radius 1 is 1.15 bits per heavy atom. The van der Waals surface area contributed by atoms with E-state index < -0.39 is 17.3 Å². The number of nitriles is 1. The topological polar surface area (TPSA) is 106 Å². The van der Waals surface area contributed by atoms with Crippen LogP contribution in [0.25, 0.3) is 11.0 Å². The van der Waals surface area contributed by atoms with Crippen molar-refractivity contribution in [2.45, 2.75) is 19.3 Å². The van der Waals surface area contributed by atoms with Gasteiger partial charge in [0.05, 0.1) is 36.5 Å². The molecule has 2 aromatic heterocycles. The number of carbonyl (C=O) groups is 1. The Labute approximate surface area is 190 Å². The van der Waals surface area contributed by atoms with Crippen molar-refractivity contribution in [2.75, 3.05) is 6.54 Å². The Hall–Kier alpha value is -4.46. The van der Waals surface area contributed by atoms with Crippen molar-refractivity contribution < 1.29 is 18.0 Å². The summed E-state index contributed by atoms with van der Waals surface area (Å²) < 4.78 is 41.5. The van der Waals surface area contributed by atoms with Crippen LogP contribution in [0.1, 0.15) is 27.0 Å². The molecular weight excluding hydrogens is 449 g/mol. The Bertz CT molecular complexity index is 1470. The minimum atomic E-state index is -4.47. The number of hydrogen-bond acceptors (Lipinski definition) is 5. The lowest BCUT2D eigenvalue weighted by Crippen LogP contribution is -2.28. The number of alkyl halides is 3. The van der Waals surface area contributed by atoms with E-state index in [0.717, 1.165) is 12.1 Å². The Kier molecular flexibility index (Phi) is 6.14. The molecule has 2 heterocycles. The van der Waals surface area contributed by atoms with Crippen molar-refractivity contribution in [3.8, 4) is 6.07 Å². The normalized spacial score (nSPS) is 11.4. The van der Waals surface area contributed by atoms with E-state index in [4.69, 9.17) is 5.26 Å². The van der Waals surface area contributed by atoms with Crippen LogP contribution in [0.2, 0.25) is 0 Å². The van der Waals surface area contributed by atoms with Crippen molar-refractivity contribution in [3.05, 3.63) is 93.7 Å². The molecule has 0 aliphatic carbocycles. The molecule has 11 heteroatoms. The van der Waals surface area contributed by atoms with Crippen molar-refractivity contribution in [3.63, 3.8) is 0 Å². The van der Waals surface area contributed by atoms with Gasteiger partial charge >= 0.3 is 6.18 Å². The van der Waals surface area contributed by atoms with E-state index in [1.807, 2.05) is 6.07 Å². The van der Waals surface area contributed by atoms with Gasteiger partial charge < -0.3 is 5.32 Å². The summed E-state index contributed by atoms with van der Waals surface area (Å²) >= 11 is 0. The number of aromatic nitrogens is 4. The van der Waals surface area contributed by atoms with Gasteiger partial charge in [0, 0.05) is 12.1 Å². The highest BCUT2D eigenvalue weighted by atomic mass is 19.4. The van der Waals surface area contributed by atoms with E-state index in [1.165, 1.54) is 40.0 Å². The van der Waals surface area contributed by atoms with Crippen molar-refractivity contribution >= 4 is 16.9 Å². The molecule has 1 N–H and O–H groups in total. The van der Waals surface area contributed by atoms with Crippen LogP contribution in [0.15, 0.2) is 65.8 Å². The first-order valence-corrected chi connectivity index (χ1v) is 10.1. The Morgan fingerprint density at radius 2 is 1.94 bits per heavy atom. The van der Waals surface area contributed by atoms with Gasteiger partial charge in [-0.3, -0.25) is 14.2 Å². The molecule has 0 fully saturated rings. The quantitative estimate of drug-likeness (QED) is 0.470. The van der Waals surface area contributed by atoms with Gasteiger partial charge in [-0.05, 0) is 35.9 Å². The minimum Gasteiger partial charge on any atom is -0.350 e. The summed E-state index contributed by atoms with van der Waals surface area (Å²) in [4.78, 5) is 29.3. The molecule has 8 nitrogen and oxygen atoms in total. The number of carbonyl (C=O) groups excluding carboxylic acids is 1. The third-order valence-electron chi connectivity index (χ3n) is 5.09. The molecule has 2 aromatic carbocycles. The number of benzene rings is 2. The highest BCUT2D eigenvalue weighted by Crippen LogP contribution is 2.29. The van der Waals surface area contributed by atoms with E-state index in [0.29, 0.717) is 22.3 Å². The first-order chi connectivity index (χ1) is 16.3. The summed E-state index contributed by atoms with van der Waals surface area (Å²) in [6, 6.07) is 13.0. The van der Waals surface area contributed by atoms with E-state index in [1.54, 1.807) is 18.2 Å². The molecule has 0 aliphatic rings. The maximum Gasteiger partial charge on any atom is 0.416 e. The predicted molar refractivity (Wildman–Crippen MR) is 116 cm³/mol. The van der Waals surface area contributed by atoms with E-state index >= 15 is 0 Å². The molecule has 0 saturated carbocycles. The van der Waals surface area contributed by atoms with Crippen LogP contribution in [-0.4, -0.2) is 31.8 Å². The number of halogens is 3. The summed E-state index contributed by atoms with van der Waals surface area (Å²) in [7, 11) is 0. The largest absolute Gasteiger partial charge is 0.416 e. The molecule has 0 bridgehead atoms. The second-order valence-electron chi connectivity index (χ2n) is 7.43. The van der Waals surface area contributed by atoms with Crippen molar-refractivity contribution in [1.29, 1.82) is 5.26 Å². The highest BCUT2D eigenvalue weighted by molar-refractivity contribution is 5.94. The fraction of sp³-hybridized carbons (Fsp3) is 0.174. The van der Waals surface area contributed by atoms with Crippen LogP contribution in [-0.2, 0) is 19.3 Å². The highest BCUT2D eigenvalue weighted by Gasteiger charge is 2.30. The van der Waals surface area contributed by atoms with Gasteiger partial charge in [-0.15, -0.1) is 0 Å². The molecular formula is C23H17F3N6O2. The molecule has 0 radical (unpaired) electrons. The second-order valence-corrected chi connectivity index (χ2v) is 7.43. The summed E-state index contributed by atoms with van der Waals surface area (Å²) in [5, 5.41) is 16.0. The van der Waals surface area contributed by atoms with Crippen LogP contribution in [0, 0.1) is 11.3 Å². The van der Waals surface area contributed by atoms with E-state index in [-0.39, 0.29) is 30.9 Å². The molecule has 0 aliphatic heterocycles. The zero-order valence-corrected chi connectivity index (χ0v) is 17.6. The molecule has 1 amide bonds. The van der Waals surface area contributed by atoms with Gasteiger partial charge in [0.2, 0.25) is 0 Å². The average molecular weight is 466 g/mol. The molecule has 34 heavy (non-hydrogen) atoms. The lowest BCUT2D eigenvalue weighted by molar-refractivity contribution is -0.137. The number of amides is 1. The maximum atomic E-state index is 12.9. The van der Waals surface area contributed by atoms with Gasteiger partial charge in [0.25, 0.3) is 11.5 Å². The molecule has 0 spiro atoms. The molecule has 4 rings (SSSR count). The first-order valence-electron chi connectivity index (χ1n) is 10.1. The number of hydrogen-bond donors (Lipinski definition) is 1. The van der Waals surface area contributed by atoms with Gasteiger partial charge in [0.15, 0.2) is 5.65 Å². The third kappa shape index (κ3) is 4.80. The Balaban J connectivity index is 1.46. The molecule has 0 saturated heterocycles. The van der Waals surface area contributed by atoms with Gasteiger partial charge in [-0.2, -0.15) is 23.5 Å². The maximum absolute atomic E-state index is 12.9. The number of nitrogens with one attached hydrogen (secondary N) is 1. The van der Waals surface area contributed by atoms with Crippen LogP contribution in [0.3, 0.4) is 0 Å². The van der Waals surface area contributed by atoms with Crippen LogP contribution in [0.4, 0.5) is 13.2 Å². The van der Waals surface area contributed by atoms with Gasteiger partial charge in [0.1, 0.15) is 11.7 Å². The molecule has 0 atom stereocenters. The SMILES string of the molecule is N#Cc1cccc(C(=O)NCCn2ncc3c(=O)n(Cc4cccc(C(F)(F)F)c4)cnc32)c1. The molecule has 172 valence electrons. The molecule has 0 unspecified atom stereocenters. The van der Waals surface area contributed by atoms with Crippen LogP contribution < -0.4 is 10.9 Å². The van der Waals surface area contributed by atoms with Crippen molar-refractivity contribution in [1.82, 2.24) is 24.6 Å². The van der Waals surface area contributed by atoms with Gasteiger partial charge in [-0.25, -0.2) is 9.67 Å². The van der Waals surface area contributed by atoms with Crippen LogP contribution in [0.5, 0.6) is 0 Å². The number of fused-ring (bicyclic) bond motifs is 1. The summed E-state index contributed by atoms with van der Waals surface area (Å²) in [6.45, 7) is 0.355. The molecule has 4 aromatic rings. The fourth-order valence-corrected chi connectivity index (χ4v) is 3.42. The predicted octanol–water partition coefficient (Wildman–Crippen LogP) is 2.96. The standard InChI is InChI=1S/C23H17F3N6O2/c24-23(25,26)18-6-2-4-16(10-18)13-31-14-29-20-19(22(31)34)12-30-32(20)8-7-28-21(33)17-5-1-3-15(9-17)11-27/h1-6,9-10,12,14H,7-8,13H2,(H,28,33). The lowest BCUT2D eigenvalue weighted by Gasteiger charge is -2.10.